The van der Waals surface area contributed by atoms with Gasteiger partial charge < -0.3 is 24.3 Å². The first-order valence-corrected chi connectivity index (χ1v) is 12.1. The van der Waals surface area contributed by atoms with Crippen LogP contribution in [0.4, 0.5) is 0 Å². The van der Waals surface area contributed by atoms with Crippen LogP contribution in [0.25, 0.3) is 6.08 Å². The summed E-state index contributed by atoms with van der Waals surface area (Å²) in [7, 11) is 6.70. The molecular weight excluding hydrogens is 436 g/mol. The number of benzene rings is 2. The Morgan fingerprint density at radius 3 is 2.27 bits per heavy atom. The summed E-state index contributed by atoms with van der Waals surface area (Å²) in [5.74, 6) is 3.11. The predicted octanol–water partition coefficient (Wildman–Crippen LogP) is 5.61. The number of nitrogens with one attached hydrogen (secondary N) is 1. The number of thioether (sulfide) groups is 1. The predicted molar refractivity (Wildman–Crippen MR) is 135 cm³/mol. The Balaban J connectivity index is 1.81. The fraction of sp³-hybridized carbons (Fsp3) is 0.346. The highest BCUT2D eigenvalue weighted by Crippen LogP contribution is 2.45. The van der Waals surface area contributed by atoms with Crippen molar-refractivity contribution in [1.82, 2.24) is 5.32 Å². The van der Waals surface area contributed by atoms with Crippen LogP contribution in [0, 0.1) is 0 Å². The standard InChI is InChI=1S/C26H30N2O4S/c1-29-18-10-9-16(22(14-18)31-3)13-17-7-6-8-21-24(17)27-26(33-5)28-25(21)20-12-11-19(30-2)15-23(20)32-4/h9-15,25H,6-8H2,1-5H3,(H,27,28)/b17-13+/t25-/m0/s1. The zero-order valence-electron chi connectivity index (χ0n) is 19.7. The lowest BCUT2D eigenvalue weighted by Gasteiger charge is -2.33. The van der Waals surface area contributed by atoms with E-state index in [0.717, 1.165) is 64.3 Å². The fourth-order valence-corrected chi connectivity index (χ4v) is 4.78. The van der Waals surface area contributed by atoms with Crippen molar-refractivity contribution in [3.05, 3.63) is 64.4 Å². The van der Waals surface area contributed by atoms with E-state index in [4.69, 9.17) is 23.9 Å². The molecule has 2 aromatic rings. The maximum absolute atomic E-state index is 5.72. The van der Waals surface area contributed by atoms with Crippen molar-refractivity contribution in [2.24, 2.45) is 4.99 Å². The summed E-state index contributed by atoms with van der Waals surface area (Å²) in [6.07, 6.45) is 7.27. The Hall–Kier alpha value is -3.06. The molecule has 1 atom stereocenters. The number of hydrogen-bond donors (Lipinski definition) is 1. The quantitative estimate of drug-likeness (QED) is 0.597. The van der Waals surface area contributed by atoms with Crippen LogP contribution in [0.2, 0.25) is 0 Å². The van der Waals surface area contributed by atoms with Gasteiger partial charge in [0, 0.05) is 29.0 Å². The van der Waals surface area contributed by atoms with E-state index in [0.29, 0.717) is 0 Å². The normalized spacial score (nSPS) is 18.9. The van der Waals surface area contributed by atoms with Crippen molar-refractivity contribution >= 4 is 23.0 Å². The molecule has 0 amide bonds. The first kappa shape index (κ1) is 23.1. The van der Waals surface area contributed by atoms with E-state index in [1.54, 1.807) is 40.2 Å². The van der Waals surface area contributed by atoms with Gasteiger partial charge in [-0.25, -0.2) is 4.99 Å². The smallest absolute Gasteiger partial charge is 0.161 e. The van der Waals surface area contributed by atoms with E-state index in [2.05, 4.69) is 17.5 Å². The molecule has 0 fully saturated rings. The van der Waals surface area contributed by atoms with Gasteiger partial charge >= 0.3 is 0 Å². The van der Waals surface area contributed by atoms with E-state index >= 15 is 0 Å². The van der Waals surface area contributed by atoms with Crippen LogP contribution in [0.15, 0.2) is 58.2 Å². The Kier molecular flexibility index (Phi) is 7.18. The average molecular weight is 467 g/mol. The van der Waals surface area contributed by atoms with Crippen molar-refractivity contribution in [2.45, 2.75) is 25.3 Å². The average Bonchev–Trinajstić information content (AvgIpc) is 2.88. The van der Waals surface area contributed by atoms with Crippen LogP contribution < -0.4 is 24.3 Å². The Morgan fingerprint density at radius 2 is 1.61 bits per heavy atom. The molecule has 0 bridgehead atoms. The molecule has 0 saturated heterocycles. The minimum absolute atomic E-state index is 0.106. The largest absolute Gasteiger partial charge is 0.497 e. The lowest BCUT2D eigenvalue weighted by molar-refractivity contribution is 0.389. The molecule has 1 aliphatic heterocycles. The second-order valence-electron chi connectivity index (χ2n) is 7.81. The number of methoxy groups -OCH3 is 4. The molecule has 1 heterocycles. The summed E-state index contributed by atoms with van der Waals surface area (Å²) in [6, 6.07) is 11.8. The van der Waals surface area contributed by atoms with Gasteiger partial charge in [-0.3, -0.25) is 0 Å². The van der Waals surface area contributed by atoms with Crippen molar-refractivity contribution < 1.29 is 18.9 Å². The number of hydrogen-bond acceptors (Lipinski definition) is 7. The number of amidine groups is 1. The number of allylic oxidation sites excluding steroid dienone is 1. The van der Waals surface area contributed by atoms with Crippen LogP contribution >= 0.6 is 11.8 Å². The van der Waals surface area contributed by atoms with Crippen molar-refractivity contribution in [3.63, 3.8) is 0 Å². The molecule has 0 aromatic heterocycles. The van der Waals surface area contributed by atoms with Gasteiger partial charge in [-0.2, -0.15) is 0 Å². The monoisotopic (exact) mass is 466 g/mol. The summed E-state index contributed by atoms with van der Waals surface area (Å²) in [5.41, 5.74) is 5.75. The Morgan fingerprint density at radius 1 is 0.909 bits per heavy atom. The van der Waals surface area contributed by atoms with Crippen LogP contribution in [-0.4, -0.2) is 39.9 Å². The third kappa shape index (κ3) is 4.69. The molecular formula is C26H30N2O4S. The third-order valence-electron chi connectivity index (χ3n) is 6.04. The van der Waals surface area contributed by atoms with Gasteiger partial charge in [-0.05, 0) is 67.0 Å². The molecule has 4 rings (SSSR count). The molecule has 1 aliphatic carbocycles. The van der Waals surface area contributed by atoms with Crippen molar-refractivity contribution in [3.8, 4) is 23.0 Å². The van der Waals surface area contributed by atoms with E-state index in [9.17, 15) is 0 Å². The zero-order chi connectivity index (χ0) is 23.4. The summed E-state index contributed by atoms with van der Waals surface area (Å²) in [5, 5.41) is 4.48. The highest BCUT2D eigenvalue weighted by atomic mass is 32.2. The molecule has 0 spiro atoms. The zero-order valence-corrected chi connectivity index (χ0v) is 20.5. The number of rotatable bonds is 6. The topological polar surface area (TPSA) is 61.3 Å². The Labute approximate surface area is 199 Å². The summed E-state index contributed by atoms with van der Waals surface area (Å²) in [6.45, 7) is 0. The van der Waals surface area contributed by atoms with Crippen LogP contribution in [0.5, 0.6) is 23.0 Å². The molecule has 2 aliphatic rings. The molecule has 7 heteroatoms. The Bertz CT molecular complexity index is 1120. The molecule has 0 unspecified atom stereocenters. The van der Waals surface area contributed by atoms with Gasteiger partial charge in [-0.15, -0.1) is 0 Å². The number of nitrogens with zero attached hydrogens (tertiary/aromatic N) is 1. The van der Waals surface area contributed by atoms with E-state index in [1.165, 1.54) is 11.1 Å². The molecule has 2 aromatic carbocycles. The minimum Gasteiger partial charge on any atom is -0.497 e. The molecule has 0 saturated carbocycles. The van der Waals surface area contributed by atoms with E-state index < -0.39 is 0 Å². The van der Waals surface area contributed by atoms with Gasteiger partial charge in [0.15, 0.2) is 5.17 Å². The third-order valence-corrected chi connectivity index (χ3v) is 6.64. The van der Waals surface area contributed by atoms with Crippen LogP contribution in [-0.2, 0) is 0 Å². The maximum atomic E-state index is 5.72. The second kappa shape index (κ2) is 10.3. The SMILES string of the molecule is COc1ccc(/C=C2\CCCC3=C2NC(SC)=N[C@H]3c2ccc(OC)cc2OC)c(OC)c1. The molecule has 0 radical (unpaired) electrons. The van der Waals surface area contributed by atoms with Crippen molar-refractivity contribution in [2.75, 3.05) is 34.7 Å². The summed E-state index contributed by atoms with van der Waals surface area (Å²) in [4.78, 5) is 5.04. The molecule has 33 heavy (non-hydrogen) atoms. The van der Waals surface area contributed by atoms with Crippen molar-refractivity contribution in [1.29, 1.82) is 0 Å². The summed E-state index contributed by atoms with van der Waals surface area (Å²) >= 11 is 1.61. The molecule has 1 N–H and O–H groups in total. The minimum atomic E-state index is -0.106. The highest BCUT2D eigenvalue weighted by Gasteiger charge is 2.31. The van der Waals surface area contributed by atoms with E-state index in [1.807, 2.05) is 36.6 Å². The van der Waals surface area contributed by atoms with Gasteiger partial charge in [0.2, 0.25) is 0 Å². The van der Waals surface area contributed by atoms with Crippen LogP contribution in [0.3, 0.4) is 0 Å². The molecule has 174 valence electrons. The van der Waals surface area contributed by atoms with Gasteiger partial charge in [0.1, 0.15) is 29.0 Å². The first-order chi connectivity index (χ1) is 16.1. The fourth-order valence-electron chi connectivity index (χ4n) is 4.37. The van der Waals surface area contributed by atoms with Gasteiger partial charge in [-0.1, -0.05) is 11.8 Å². The van der Waals surface area contributed by atoms with E-state index in [-0.39, 0.29) is 6.04 Å². The lowest BCUT2D eigenvalue weighted by atomic mass is 9.83. The highest BCUT2D eigenvalue weighted by molar-refractivity contribution is 8.13. The molecule has 6 nitrogen and oxygen atoms in total. The van der Waals surface area contributed by atoms with Crippen LogP contribution in [0.1, 0.15) is 36.4 Å². The lowest BCUT2D eigenvalue weighted by Crippen LogP contribution is -2.31. The van der Waals surface area contributed by atoms with Gasteiger partial charge in [0.05, 0.1) is 28.4 Å². The maximum Gasteiger partial charge on any atom is 0.161 e. The second-order valence-corrected chi connectivity index (χ2v) is 8.60. The number of ether oxygens (including phenoxy) is 4. The summed E-state index contributed by atoms with van der Waals surface area (Å²) < 4.78 is 22.1. The first-order valence-electron chi connectivity index (χ1n) is 10.9. The number of aliphatic imine (C=N–C) groups is 1. The van der Waals surface area contributed by atoms with Gasteiger partial charge in [0.25, 0.3) is 0 Å².